The average Bonchev–Trinajstić information content (AvgIpc) is 1.82. The van der Waals surface area contributed by atoms with Crippen molar-refractivity contribution in [3.05, 3.63) is 0 Å². The molecule has 0 aliphatic heterocycles. The van der Waals surface area contributed by atoms with Crippen LogP contribution < -0.4 is 22.2 Å². The highest BCUT2D eigenvalue weighted by atomic mass is 32.1. The zero-order chi connectivity index (χ0) is 8.85. The van der Waals surface area contributed by atoms with Gasteiger partial charge in [0.25, 0.3) is 0 Å². The maximum atomic E-state index is 5.05. The minimum Gasteiger partial charge on any atom is -0.369 e. The highest BCUT2D eigenvalue weighted by Gasteiger charge is 1.94. The lowest BCUT2D eigenvalue weighted by Gasteiger charge is -2.09. The fourth-order valence-corrected chi connectivity index (χ4v) is 0.691. The third-order valence-electron chi connectivity index (χ3n) is 0.706. The van der Waals surface area contributed by atoms with E-state index in [9.17, 15) is 0 Å². The van der Waals surface area contributed by atoms with Crippen LogP contribution >= 0.6 is 12.2 Å². The van der Waals surface area contributed by atoms with Gasteiger partial charge in [-0.2, -0.15) is 0 Å². The van der Waals surface area contributed by atoms with Crippen LogP contribution in [0, 0.1) is 0 Å². The van der Waals surface area contributed by atoms with Gasteiger partial charge in [0, 0.05) is 6.04 Å². The molecule has 0 atom stereocenters. The average molecular weight is 175 g/mol. The molecule has 6 heteroatoms. The second kappa shape index (κ2) is 4.73. The molecule has 0 aromatic rings. The van der Waals surface area contributed by atoms with Gasteiger partial charge in [-0.05, 0) is 26.1 Å². The molecule has 0 heterocycles. The number of hydrogen-bond acceptors (Lipinski definition) is 2. The first kappa shape index (κ1) is 9.96. The molecular weight excluding hydrogens is 162 g/mol. The molecule has 0 bridgehead atoms. The first-order chi connectivity index (χ1) is 5.02. The van der Waals surface area contributed by atoms with Crippen molar-refractivity contribution >= 4 is 23.3 Å². The summed E-state index contributed by atoms with van der Waals surface area (Å²) in [6, 6.07) is 0.268. The second-order valence-electron chi connectivity index (χ2n) is 2.28. The Kier molecular flexibility index (Phi) is 4.28. The van der Waals surface area contributed by atoms with E-state index in [-0.39, 0.29) is 12.0 Å². The van der Waals surface area contributed by atoms with Crippen molar-refractivity contribution < 1.29 is 0 Å². The molecule has 0 fully saturated rings. The third kappa shape index (κ3) is 6.85. The van der Waals surface area contributed by atoms with Crippen molar-refractivity contribution in [2.24, 2.45) is 16.6 Å². The second-order valence-corrected chi connectivity index (χ2v) is 2.68. The van der Waals surface area contributed by atoms with Crippen molar-refractivity contribution in [2.75, 3.05) is 0 Å². The van der Waals surface area contributed by atoms with Crippen LogP contribution in [0.15, 0.2) is 5.10 Å². The Bertz CT molecular complexity index is 160. The van der Waals surface area contributed by atoms with Gasteiger partial charge in [0.05, 0.1) is 0 Å². The molecule has 0 spiro atoms. The van der Waals surface area contributed by atoms with Gasteiger partial charge < -0.3 is 16.8 Å². The molecule has 0 radical (unpaired) electrons. The van der Waals surface area contributed by atoms with Crippen LogP contribution in [-0.2, 0) is 0 Å². The molecule has 0 aromatic carbocycles. The Morgan fingerprint density at radius 2 is 2.00 bits per heavy atom. The van der Waals surface area contributed by atoms with E-state index in [2.05, 4.69) is 15.8 Å². The number of nitrogens with two attached hydrogens (primary N) is 2. The van der Waals surface area contributed by atoms with Gasteiger partial charge in [-0.15, -0.1) is 5.10 Å². The van der Waals surface area contributed by atoms with Gasteiger partial charge >= 0.3 is 0 Å². The first-order valence-corrected chi connectivity index (χ1v) is 3.58. The number of hydrazone groups is 1. The van der Waals surface area contributed by atoms with Crippen LogP contribution in [0.2, 0.25) is 0 Å². The van der Waals surface area contributed by atoms with Gasteiger partial charge in [0.15, 0.2) is 5.11 Å². The Labute approximate surface area is 71.2 Å². The molecule has 0 unspecified atom stereocenters. The van der Waals surface area contributed by atoms with Crippen LogP contribution in [0.1, 0.15) is 13.8 Å². The summed E-state index contributed by atoms with van der Waals surface area (Å²) in [5.74, 6) is -0.0436. The molecule has 0 aromatic heterocycles. The van der Waals surface area contributed by atoms with E-state index in [1.54, 1.807) is 0 Å². The monoisotopic (exact) mass is 175 g/mol. The van der Waals surface area contributed by atoms with Crippen molar-refractivity contribution in [2.45, 2.75) is 19.9 Å². The summed E-state index contributed by atoms with van der Waals surface area (Å²) in [5, 5.41) is 6.81. The number of hydrogen-bond donors (Lipinski definition) is 4. The molecule has 0 saturated heterocycles. The van der Waals surface area contributed by atoms with Crippen molar-refractivity contribution in [1.82, 2.24) is 10.7 Å². The van der Waals surface area contributed by atoms with Gasteiger partial charge in [-0.1, -0.05) is 0 Å². The lowest BCUT2D eigenvalue weighted by atomic mass is 10.4. The lowest BCUT2D eigenvalue weighted by molar-refractivity contribution is 0.719. The van der Waals surface area contributed by atoms with E-state index in [1.165, 1.54) is 0 Å². The van der Waals surface area contributed by atoms with E-state index < -0.39 is 0 Å². The predicted octanol–water partition coefficient (Wildman–Crippen LogP) is -0.953. The van der Waals surface area contributed by atoms with Gasteiger partial charge in [-0.3, -0.25) is 5.43 Å². The molecular formula is C5H13N5S. The largest absolute Gasteiger partial charge is 0.369 e. The zero-order valence-corrected chi connectivity index (χ0v) is 7.40. The molecule has 11 heavy (non-hydrogen) atoms. The highest BCUT2D eigenvalue weighted by Crippen LogP contribution is 1.75. The topological polar surface area (TPSA) is 88.5 Å². The summed E-state index contributed by atoms with van der Waals surface area (Å²) in [5.41, 5.74) is 12.6. The van der Waals surface area contributed by atoms with E-state index in [4.69, 9.17) is 23.7 Å². The minimum absolute atomic E-state index is 0.0436. The Balaban J connectivity index is 3.62. The number of nitrogens with zero attached hydrogens (tertiary/aromatic N) is 1. The van der Waals surface area contributed by atoms with Gasteiger partial charge in [-0.25, -0.2) is 0 Å². The standard InChI is InChI=1S/C5H13N5S/c1-3(2)8-5(11)10-9-4(6)7/h3H,1-2H3,(H4,6,7,9)(H2,8,10,11). The molecule has 0 amide bonds. The third-order valence-corrected chi connectivity index (χ3v) is 0.915. The van der Waals surface area contributed by atoms with Crippen molar-refractivity contribution in [3.63, 3.8) is 0 Å². The Morgan fingerprint density at radius 1 is 1.45 bits per heavy atom. The summed E-state index contributed by atoms with van der Waals surface area (Å²) >= 11 is 4.81. The summed E-state index contributed by atoms with van der Waals surface area (Å²) < 4.78 is 0. The summed E-state index contributed by atoms with van der Waals surface area (Å²) in [6.45, 7) is 3.92. The van der Waals surface area contributed by atoms with Crippen LogP contribution in [0.5, 0.6) is 0 Å². The number of thiocarbonyl (C=S) groups is 1. The quantitative estimate of drug-likeness (QED) is 0.188. The summed E-state index contributed by atoms with van der Waals surface area (Å²) in [7, 11) is 0. The molecule has 0 saturated carbocycles. The molecule has 0 rings (SSSR count). The fraction of sp³-hybridized carbons (Fsp3) is 0.600. The predicted molar refractivity (Wildman–Crippen MR) is 49.8 cm³/mol. The maximum Gasteiger partial charge on any atom is 0.208 e. The zero-order valence-electron chi connectivity index (χ0n) is 6.59. The van der Waals surface area contributed by atoms with E-state index in [0.717, 1.165) is 0 Å². The molecule has 0 aliphatic carbocycles. The van der Waals surface area contributed by atoms with E-state index >= 15 is 0 Å². The first-order valence-electron chi connectivity index (χ1n) is 3.17. The Hall–Kier alpha value is -1.04. The van der Waals surface area contributed by atoms with Crippen molar-refractivity contribution in [1.29, 1.82) is 0 Å². The van der Waals surface area contributed by atoms with Gasteiger partial charge in [0.1, 0.15) is 0 Å². The SMILES string of the molecule is CC(C)NC(=S)NN=C(N)N. The number of nitrogens with one attached hydrogen (secondary N) is 2. The van der Waals surface area contributed by atoms with Crippen LogP contribution in [-0.4, -0.2) is 17.1 Å². The highest BCUT2D eigenvalue weighted by molar-refractivity contribution is 7.80. The van der Waals surface area contributed by atoms with Gasteiger partial charge in [0.2, 0.25) is 5.96 Å². The van der Waals surface area contributed by atoms with Crippen LogP contribution in [0.4, 0.5) is 0 Å². The summed E-state index contributed by atoms with van der Waals surface area (Å²) in [4.78, 5) is 0. The van der Waals surface area contributed by atoms with E-state index in [0.29, 0.717) is 5.11 Å². The van der Waals surface area contributed by atoms with Crippen LogP contribution in [0.25, 0.3) is 0 Å². The normalized spacial score (nSPS) is 9.00. The van der Waals surface area contributed by atoms with Crippen molar-refractivity contribution in [3.8, 4) is 0 Å². The lowest BCUT2D eigenvalue weighted by Crippen LogP contribution is -2.38. The number of rotatable bonds is 2. The van der Waals surface area contributed by atoms with E-state index in [1.807, 2.05) is 13.8 Å². The number of guanidine groups is 1. The summed E-state index contributed by atoms with van der Waals surface area (Å²) in [6.07, 6.45) is 0. The van der Waals surface area contributed by atoms with Crippen LogP contribution in [0.3, 0.4) is 0 Å². The maximum absolute atomic E-state index is 5.05. The molecule has 5 nitrogen and oxygen atoms in total. The minimum atomic E-state index is -0.0436. The molecule has 0 aliphatic rings. The smallest absolute Gasteiger partial charge is 0.208 e. The molecule has 6 N–H and O–H groups in total. The fourth-order valence-electron chi connectivity index (χ4n) is 0.410. The Morgan fingerprint density at radius 3 is 2.36 bits per heavy atom. The molecule has 64 valence electrons.